The second-order valence-corrected chi connectivity index (χ2v) is 12.1. The highest BCUT2D eigenvalue weighted by Gasteiger charge is 2.27. The summed E-state index contributed by atoms with van der Waals surface area (Å²) in [7, 11) is -3.56. The molecule has 2 rings (SSSR count). The first-order valence-electron chi connectivity index (χ1n) is 12.4. The van der Waals surface area contributed by atoms with Crippen LogP contribution in [0.3, 0.4) is 0 Å². The Balaban J connectivity index is 2.22. The van der Waals surface area contributed by atoms with E-state index in [9.17, 15) is 18.0 Å². The first kappa shape index (κ1) is 30.9. The molecule has 0 saturated heterocycles. The molecular weight excluding hydrogens is 533 g/mol. The lowest BCUT2D eigenvalue weighted by molar-refractivity contribution is -0.140. The van der Waals surface area contributed by atoms with E-state index in [-0.39, 0.29) is 37.7 Å². The van der Waals surface area contributed by atoms with Gasteiger partial charge in [0.05, 0.1) is 11.9 Å². The van der Waals surface area contributed by atoms with Gasteiger partial charge in [-0.2, -0.15) is 0 Å². The number of anilines is 1. The second-order valence-electron chi connectivity index (χ2n) is 9.31. The maximum atomic E-state index is 13.4. The average Bonchev–Trinajstić information content (AvgIpc) is 2.82. The SMILES string of the molecule is CCCCNC(=O)[C@H](C)N(Cc1ccc(Cl)cc1Cl)C(=O)CCCN(c1cc(C)ccc1C)S(C)(=O)=O. The number of rotatable bonds is 13. The van der Waals surface area contributed by atoms with Crippen molar-refractivity contribution in [2.45, 2.75) is 66.0 Å². The van der Waals surface area contributed by atoms with Crippen molar-refractivity contribution in [1.29, 1.82) is 0 Å². The fourth-order valence-corrected chi connectivity index (χ4v) is 5.41. The van der Waals surface area contributed by atoms with E-state index in [0.717, 1.165) is 30.2 Å². The van der Waals surface area contributed by atoms with Gasteiger partial charge in [0.2, 0.25) is 21.8 Å². The molecule has 10 heteroatoms. The maximum Gasteiger partial charge on any atom is 0.242 e. The van der Waals surface area contributed by atoms with Crippen LogP contribution in [0, 0.1) is 13.8 Å². The quantitative estimate of drug-likeness (QED) is 0.323. The van der Waals surface area contributed by atoms with Gasteiger partial charge in [0.25, 0.3) is 0 Å². The first-order valence-corrected chi connectivity index (χ1v) is 15.0. The zero-order valence-corrected chi connectivity index (χ0v) is 24.5. The molecule has 204 valence electrons. The number of hydrogen-bond acceptors (Lipinski definition) is 4. The molecule has 0 heterocycles. The van der Waals surface area contributed by atoms with E-state index in [0.29, 0.717) is 27.8 Å². The van der Waals surface area contributed by atoms with Crippen LogP contribution >= 0.6 is 23.2 Å². The Labute approximate surface area is 231 Å². The fraction of sp³-hybridized carbons (Fsp3) is 0.481. The molecule has 1 N–H and O–H groups in total. The Morgan fingerprint density at radius 2 is 1.76 bits per heavy atom. The molecule has 0 radical (unpaired) electrons. The molecule has 0 saturated carbocycles. The lowest BCUT2D eigenvalue weighted by atomic mass is 10.1. The minimum Gasteiger partial charge on any atom is -0.354 e. The molecule has 0 spiro atoms. The van der Waals surface area contributed by atoms with Crippen LogP contribution in [0.2, 0.25) is 10.0 Å². The van der Waals surface area contributed by atoms with Crippen LogP contribution in [0.5, 0.6) is 0 Å². The van der Waals surface area contributed by atoms with Gasteiger partial charge in [-0.1, -0.05) is 54.7 Å². The lowest BCUT2D eigenvalue weighted by Crippen LogP contribution is -2.48. The second kappa shape index (κ2) is 14.0. The number of nitrogens with zero attached hydrogens (tertiary/aromatic N) is 2. The maximum absolute atomic E-state index is 13.4. The Morgan fingerprint density at radius 1 is 1.05 bits per heavy atom. The van der Waals surface area contributed by atoms with Crippen molar-refractivity contribution in [3.63, 3.8) is 0 Å². The molecule has 7 nitrogen and oxygen atoms in total. The summed E-state index contributed by atoms with van der Waals surface area (Å²) in [6, 6.07) is 9.92. The highest BCUT2D eigenvalue weighted by atomic mass is 35.5. The number of amides is 2. The van der Waals surface area contributed by atoms with Gasteiger partial charge in [-0.05, 0) is 68.5 Å². The third-order valence-corrected chi connectivity index (χ3v) is 7.91. The van der Waals surface area contributed by atoms with E-state index in [1.165, 1.54) is 9.21 Å². The number of aryl methyl sites for hydroxylation is 2. The standard InChI is InChI=1S/C27H37Cl2N3O4S/c1-6-7-14-30-27(34)21(4)31(18-22-12-13-23(28)17-24(22)29)26(33)9-8-15-32(37(5,35)36)25-16-19(2)10-11-20(25)3/h10-13,16-17,21H,6-9,14-15,18H2,1-5H3,(H,30,34)/t21-/m0/s1. The number of nitrogens with one attached hydrogen (secondary N) is 1. The zero-order valence-electron chi connectivity index (χ0n) is 22.2. The molecule has 0 bridgehead atoms. The number of hydrogen-bond donors (Lipinski definition) is 1. The zero-order chi connectivity index (χ0) is 27.8. The molecule has 0 aliphatic heterocycles. The number of benzene rings is 2. The van der Waals surface area contributed by atoms with Crippen molar-refractivity contribution >= 4 is 50.7 Å². The minimum absolute atomic E-state index is 0.0642. The van der Waals surface area contributed by atoms with Crippen molar-refractivity contribution in [2.75, 3.05) is 23.7 Å². The average molecular weight is 571 g/mol. The number of halogens is 2. The predicted octanol–water partition coefficient (Wildman–Crippen LogP) is 5.49. The lowest BCUT2D eigenvalue weighted by Gasteiger charge is -2.30. The van der Waals surface area contributed by atoms with E-state index < -0.39 is 16.1 Å². The van der Waals surface area contributed by atoms with Gasteiger partial charge in [-0.15, -0.1) is 0 Å². The first-order chi connectivity index (χ1) is 17.3. The van der Waals surface area contributed by atoms with Gasteiger partial charge in [0.1, 0.15) is 6.04 Å². The largest absolute Gasteiger partial charge is 0.354 e. The predicted molar refractivity (Wildman–Crippen MR) is 152 cm³/mol. The molecular formula is C27H37Cl2N3O4S. The summed E-state index contributed by atoms with van der Waals surface area (Å²) in [6.45, 7) is 8.27. The van der Waals surface area contributed by atoms with Crippen molar-refractivity contribution < 1.29 is 18.0 Å². The molecule has 2 amide bonds. The third-order valence-electron chi connectivity index (χ3n) is 6.14. The van der Waals surface area contributed by atoms with Crippen LogP contribution in [0.15, 0.2) is 36.4 Å². The van der Waals surface area contributed by atoms with Crippen LogP contribution in [-0.4, -0.2) is 50.5 Å². The minimum atomic E-state index is -3.56. The van der Waals surface area contributed by atoms with Crippen molar-refractivity contribution in [2.24, 2.45) is 0 Å². The third kappa shape index (κ3) is 9.20. The van der Waals surface area contributed by atoms with Crippen LogP contribution in [0.25, 0.3) is 0 Å². The molecule has 1 atom stereocenters. The molecule has 0 unspecified atom stereocenters. The van der Waals surface area contributed by atoms with E-state index in [2.05, 4.69) is 5.32 Å². The van der Waals surface area contributed by atoms with Gasteiger partial charge >= 0.3 is 0 Å². The van der Waals surface area contributed by atoms with Gasteiger partial charge < -0.3 is 10.2 Å². The highest BCUT2D eigenvalue weighted by Crippen LogP contribution is 2.26. The highest BCUT2D eigenvalue weighted by molar-refractivity contribution is 7.92. The Morgan fingerprint density at radius 3 is 2.38 bits per heavy atom. The van der Waals surface area contributed by atoms with Gasteiger partial charge in [-0.3, -0.25) is 13.9 Å². The Bertz CT molecular complexity index is 1200. The van der Waals surface area contributed by atoms with Gasteiger partial charge in [0, 0.05) is 36.1 Å². The summed E-state index contributed by atoms with van der Waals surface area (Å²) in [5, 5.41) is 3.76. The number of carbonyl (C=O) groups is 2. The number of sulfonamides is 1. The fourth-order valence-electron chi connectivity index (χ4n) is 3.92. The van der Waals surface area contributed by atoms with E-state index in [1.54, 1.807) is 25.1 Å². The summed E-state index contributed by atoms with van der Waals surface area (Å²) < 4.78 is 26.5. The molecule has 0 aromatic heterocycles. The van der Waals surface area contributed by atoms with Crippen LogP contribution < -0.4 is 9.62 Å². The Hall–Kier alpha value is -2.29. The van der Waals surface area contributed by atoms with E-state index in [4.69, 9.17) is 23.2 Å². The monoisotopic (exact) mass is 569 g/mol. The van der Waals surface area contributed by atoms with Crippen LogP contribution in [-0.2, 0) is 26.2 Å². The molecule has 2 aromatic rings. The smallest absolute Gasteiger partial charge is 0.242 e. The van der Waals surface area contributed by atoms with Crippen molar-refractivity contribution in [1.82, 2.24) is 10.2 Å². The number of unbranched alkanes of at least 4 members (excludes halogenated alkanes) is 1. The van der Waals surface area contributed by atoms with Crippen molar-refractivity contribution in [3.8, 4) is 0 Å². The molecule has 0 fully saturated rings. The topological polar surface area (TPSA) is 86.8 Å². The molecule has 37 heavy (non-hydrogen) atoms. The molecule has 0 aliphatic rings. The van der Waals surface area contributed by atoms with Crippen LogP contribution in [0.4, 0.5) is 5.69 Å². The van der Waals surface area contributed by atoms with Crippen molar-refractivity contribution in [3.05, 3.63) is 63.1 Å². The number of carbonyl (C=O) groups excluding carboxylic acids is 2. The van der Waals surface area contributed by atoms with E-state index in [1.807, 2.05) is 39.0 Å². The van der Waals surface area contributed by atoms with Gasteiger partial charge in [-0.25, -0.2) is 8.42 Å². The summed E-state index contributed by atoms with van der Waals surface area (Å²) in [5.41, 5.74) is 3.04. The normalized spacial score (nSPS) is 12.2. The summed E-state index contributed by atoms with van der Waals surface area (Å²) in [6.07, 6.45) is 3.29. The summed E-state index contributed by atoms with van der Waals surface area (Å²) in [5.74, 6) is -0.515. The van der Waals surface area contributed by atoms with Crippen LogP contribution in [0.1, 0.15) is 56.2 Å². The molecule has 0 aliphatic carbocycles. The summed E-state index contributed by atoms with van der Waals surface area (Å²) in [4.78, 5) is 27.7. The van der Waals surface area contributed by atoms with E-state index >= 15 is 0 Å². The van der Waals surface area contributed by atoms with Gasteiger partial charge in [0.15, 0.2) is 0 Å². The Kier molecular flexibility index (Phi) is 11.7. The summed E-state index contributed by atoms with van der Waals surface area (Å²) >= 11 is 12.4. The molecule has 2 aromatic carbocycles.